The fourth-order valence-electron chi connectivity index (χ4n) is 10.5. The Labute approximate surface area is 421 Å². The summed E-state index contributed by atoms with van der Waals surface area (Å²) < 4.78 is 0. The number of allylic oxidation sites excluding steroid dienone is 3. The van der Waals surface area contributed by atoms with E-state index in [1.807, 2.05) is 18.2 Å². The van der Waals surface area contributed by atoms with Gasteiger partial charge in [0, 0.05) is 34.1 Å². The average molecular weight is 919 g/mol. The molecule has 0 spiro atoms. The minimum absolute atomic E-state index is 0.919. The molecule has 2 nitrogen and oxygen atoms in total. The van der Waals surface area contributed by atoms with Crippen LogP contribution in [0.2, 0.25) is 0 Å². The van der Waals surface area contributed by atoms with Gasteiger partial charge in [0.05, 0.1) is 0 Å². The largest absolute Gasteiger partial charge is 0.311 e. The van der Waals surface area contributed by atoms with Gasteiger partial charge in [-0.3, -0.25) is 0 Å². The molecule has 0 saturated carbocycles. The van der Waals surface area contributed by atoms with Crippen molar-refractivity contribution in [2.75, 3.05) is 9.80 Å². The standard InChI is InChI=1S/C70H50N2/c1-3-18-59(4-2)71(61-37-33-53(34-38-61)49-19-8-5-9-20-49)63-41-43-65-67(47-63)69(57-31-29-51-23-14-16-25-55(51)45-57)66-44-42-64(48-68(66)70(65)58-32-30-52-24-15-17-26-56(52)46-58)72(60-27-12-7-13-28-60)62-39-35-54(36-40-62)50-21-10-6-11-22-50/h3-48H,1-2H2/b59-18+. The molecule has 0 bridgehead atoms. The first-order chi connectivity index (χ1) is 35.6. The molecule has 340 valence electrons. The number of fused-ring (bicyclic) bond motifs is 4. The molecule has 0 amide bonds. The van der Waals surface area contributed by atoms with E-state index >= 15 is 0 Å². The second-order valence-electron chi connectivity index (χ2n) is 18.2. The zero-order valence-electron chi connectivity index (χ0n) is 39.9. The Balaban J connectivity index is 1.14. The first kappa shape index (κ1) is 43.8. The molecule has 0 fully saturated rings. The summed E-state index contributed by atoms with van der Waals surface area (Å²) in [6.07, 6.45) is 5.78. The van der Waals surface area contributed by atoms with Crippen LogP contribution in [0.15, 0.2) is 298 Å². The van der Waals surface area contributed by atoms with Gasteiger partial charge in [-0.25, -0.2) is 0 Å². The van der Waals surface area contributed by atoms with Crippen molar-refractivity contribution in [3.8, 4) is 44.5 Å². The van der Waals surface area contributed by atoms with Crippen LogP contribution in [0.5, 0.6) is 0 Å². The van der Waals surface area contributed by atoms with Crippen molar-refractivity contribution in [3.63, 3.8) is 0 Å². The van der Waals surface area contributed by atoms with E-state index < -0.39 is 0 Å². The van der Waals surface area contributed by atoms with Crippen LogP contribution in [-0.2, 0) is 0 Å². The third kappa shape index (κ3) is 8.21. The Morgan fingerprint density at radius 2 is 0.681 bits per heavy atom. The van der Waals surface area contributed by atoms with Gasteiger partial charge in [0.2, 0.25) is 0 Å². The van der Waals surface area contributed by atoms with Crippen molar-refractivity contribution in [2.45, 2.75) is 0 Å². The van der Waals surface area contributed by atoms with Crippen molar-refractivity contribution in [3.05, 3.63) is 298 Å². The van der Waals surface area contributed by atoms with E-state index in [-0.39, 0.29) is 0 Å². The molecule has 12 aromatic rings. The number of anilines is 5. The normalized spacial score (nSPS) is 11.5. The van der Waals surface area contributed by atoms with Gasteiger partial charge >= 0.3 is 0 Å². The fraction of sp³-hybridized carbons (Fsp3) is 0. The molecule has 12 rings (SSSR count). The number of benzene rings is 12. The van der Waals surface area contributed by atoms with E-state index in [0.29, 0.717) is 0 Å². The van der Waals surface area contributed by atoms with Crippen molar-refractivity contribution >= 4 is 71.5 Å². The monoisotopic (exact) mass is 918 g/mol. The van der Waals surface area contributed by atoms with E-state index in [0.717, 1.165) is 61.6 Å². The van der Waals surface area contributed by atoms with Crippen LogP contribution in [-0.4, -0.2) is 0 Å². The zero-order valence-corrected chi connectivity index (χ0v) is 39.9. The number of hydrogen-bond donors (Lipinski definition) is 0. The highest BCUT2D eigenvalue weighted by molar-refractivity contribution is 6.23. The Morgan fingerprint density at radius 1 is 0.292 bits per heavy atom. The Bertz CT molecular complexity index is 3990. The SMILES string of the molecule is C=C/C=C(\C=C)N(c1ccc(-c2ccccc2)cc1)c1ccc2c(-c3ccc4ccccc4c3)c3cc(N(c4ccccc4)c4ccc(-c5ccccc5)cc4)ccc3c(-c3ccc4ccccc4c3)c2c1. The van der Waals surface area contributed by atoms with Gasteiger partial charge in [0.15, 0.2) is 0 Å². The lowest BCUT2D eigenvalue weighted by molar-refractivity contribution is 1.21. The molecular formula is C70H50N2. The Kier molecular flexibility index (Phi) is 11.6. The summed E-state index contributed by atoms with van der Waals surface area (Å²) in [5.41, 5.74) is 15.6. The maximum Gasteiger partial charge on any atom is 0.0468 e. The van der Waals surface area contributed by atoms with Gasteiger partial charge in [-0.15, -0.1) is 0 Å². The van der Waals surface area contributed by atoms with Gasteiger partial charge < -0.3 is 9.80 Å². The third-order valence-electron chi connectivity index (χ3n) is 13.9. The number of rotatable bonds is 12. The quantitative estimate of drug-likeness (QED) is 0.0890. The van der Waals surface area contributed by atoms with Crippen LogP contribution < -0.4 is 9.80 Å². The van der Waals surface area contributed by atoms with Crippen LogP contribution in [0.3, 0.4) is 0 Å². The molecule has 0 aliphatic carbocycles. The smallest absolute Gasteiger partial charge is 0.0468 e. The summed E-state index contributed by atoms with van der Waals surface area (Å²) in [6.45, 7) is 8.44. The topological polar surface area (TPSA) is 6.48 Å². The van der Waals surface area contributed by atoms with Crippen molar-refractivity contribution in [2.24, 2.45) is 0 Å². The predicted molar refractivity (Wildman–Crippen MR) is 310 cm³/mol. The van der Waals surface area contributed by atoms with Crippen LogP contribution >= 0.6 is 0 Å². The molecule has 0 aliphatic rings. The van der Waals surface area contributed by atoms with Crippen LogP contribution in [0.1, 0.15) is 0 Å². The van der Waals surface area contributed by atoms with E-state index in [4.69, 9.17) is 0 Å². The highest BCUT2D eigenvalue weighted by Crippen LogP contribution is 2.49. The maximum atomic E-state index is 4.32. The average Bonchev–Trinajstić information content (AvgIpc) is 3.45. The molecule has 0 aromatic heterocycles. The molecular weight excluding hydrogens is 869 g/mol. The van der Waals surface area contributed by atoms with Crippen molar-refractivity contribution in [1.29, 1.82) is 0 Å². The lowest BCUT2D eigenvalue weighted by atomic mass is 9.84. The van der Waals surface area contributed by atoms with Crippen molar-refractivity contribution in [1.82, 2.24) is 0 Å². The third-order valence-corrected chi connectivity index (χ3v) is 13.9. The molecule has 0 saturated heterocycles. The fourth-order valence-corrected chi connectivity index (χ4v) is 10.5. The molecule has 72 heavy (non-hydrogen) atoms. The minimum Gasteiger partial charge on any atom is -0.311 e. The highest BCUT2D eigenvalue weighted by Gasteiger charge is 2.23. The summed E-state index contributed by atoms with van der Waals surface area (Å²) in [7, 11) is 0. The molecule has 0 atom stereocenters. The maximum absolute atomic E-state index is 4.32. The molecule has 0 radical (unpaired) electrons. The molecule has 12 aromatic carbocycles. The first-order valence-corrected chi connectivity index (χ1v) is 24.6. The summed E-state index contributed by atoms with van der Waals surface area (Å²) >= 11 is 0. The molecule has 0 heterocycles. The Morgan fingerprint density at radius 3 is 1.18 bits per heavy atom. The van der Waals surface area contributed by atoms with E-state index in [1.54, 1.807) is 0 Å². The molecule has 2 heteroatoms. The van der Waals surface area contributed by atoms with Gasteiger partial charge in [-0.1, -0.05) is 207 Å². The lowest BCUT2D eigenvalue weighted by Crippen LogP contribution is -2.15. The second-order valence-corrected chi connectivity index (χ2v) is 18.2. The molecule has 0 N–H and O–H groups in total. The van der Waals surface area contributed by atoms with Crippen LogP contribution in [0.25, 0.3) is 87.6 Å². The summed E-state index contributed by atoms with van der Waals surface area (Å²) in [5, 5.41) is 9.45. The summed E-state index contributed by atoms with van der Waals surface area (Å²) in [5.74, 6) is 0. The molecule has 0 unspecified atom stereocenters. The summed E-state index contributed by atoms with van der Waals surface area (Å²) in [4.78, 5) is 4.67. The molecule has 0 aliphatic heterocycles. The van der Waals surface area contributed by atoms with Gasteiger partial charge in [-0.2, -0.15) is 0 Å². The van der Waals surface area contributed by atoms with E-state index in [1.165, 1.54) is 60.1 Å². The van der Waals surface area contributed by atoms with Crippen LogP contribution in [0.4, 0.5) is 28.4 Å². The lowest BCUT2D eigenvalue weighted by Gasteiger charge is -2.28. The second kappa shape index (κ2) is 19.1. The van der Waals surface area contributed by atoms with Crippen molar-refractivity contribution < 1.29 is 0 Å². The number of nitrogens with zero attached hydrogens (tertiary/aromatic N) is 2. The highest BCUT2D eigenvalue weighted by atomic mass is 15.1. The summed E-state index contributed by atoms with van der Waals surface area (Å²) in [6, 6.07) is 94.8. The van der Waals surface area contributed by atoms with E-state index in [2.05, 4.69) is 284 Å². The van der Waals surface area contributed by atoms with Gasteiger partial charge in [0.1, 0.15) is 0 Å². The zero-order chi connectivity index (χ0) is 48.4. The minimum atomic E-state index is 0.919. The first-order valence-electron chi connectivity index (χ1n) is 24.6. The number of para-hydroxylation sites is 1. The Hall–Kier alpha value is -9.50. The van der Waals surface area contributed by atoms with Gasteiger partial charge in [0.25, 0.3) is 0 Å². The number of hydrogen-bond acceptors (Lipinski definition) is 2. The van der Waals surface area contributed by atoms with Crippen LogP contribution in [0, 0.1) is 0 Å². The van der Waals surface area contributed by atoms with E-state index in [9.17, 15) is 0 Å². The van der Waals surface area contributed by atoms with Gasteiger partial charge in [-0.05, 0) is 173 Å². The predicted octanol–water partition coefficient (Wildman–Crippen LogP) is 19.8.